The van der Waals surface area contributed by atoms with Crippen LogP contribution in [0.2, 0.25) is 0 Å². The molecule has 4 heterocycles. The minimum absolute atomic E-state index is 0.386. The summed E-state index contributed by atoms with van der Waals surface area (Å²) >= 11 is 0. The molecule has 1 unspecified atom stereocenters. The molecule has 5 nitrogen and oxygen atoms in total. The first-order valence-corrected chi connectivity index (χ1v) is 10.3. The van der Waals surface area contributed by atoms with Gasteiger partial charge in [0.1, 0.15) is 5.75 Å². The fourth-order valence-electron chi connectivity index (χ4n) is 4.61. The SMILES string of the molecule is Cc1cn2cc(C3COc4cc(N5CCN[C@H](C)C5)ccc4C3)cc2c(C)n1. The van der Waals surface area contributed by atoms with Crippen LogP contribution in [-0.4, -0.2) is 41.7 Å². The summed E-state index contributed by atoms with van der Waals surface area (Å²) in [5.74, 6) is 1.44. The highest BCUT2D eigenvalue weighted by molar-refractivity contribution is 5.57. The Bertz CT molecular complexity index is 1020. The van der Waals surface area contributed by atoms with E-state index in [-0.39, 0.29) is 0 Å². The maximum Gasteiger partial charge on any atom is 0.124 e. The first kappa shape index (κ1) is 17.6. The Morgan fingerprint density at radius 2 is 2.07 bits per heavy atom. The molecule has 0 radical (unpaired) electrons. The second-order valence-corrected chi connectivity index (χ2v) is 8.34. The average Bonchev–Trinajstić information content (AvgIpc) is 3.11. The number of aromatic nitrogens is 2. The van der Waals surface area contributed by atoms with E-state index in [9.17, 15) is 0 Å². The molecule has 1 N–H and O–H groups in total. The molecule has 0 amide bonds. The van der Waals surface area contributed by atoms with Crippen molar-refractivity contribution in [1.29, 1.82) is 0 Å². The maximum atomic E-state index is 6.23. The number of nitrogens with one attached hydrogen (secondary N) is 1. The van der Waals surface area contributed by atoms with Crippen LogP contribution in [0.5, 0.6) is 5.75 Å². The van der Waals surface area contributed by atoms with E-state index >= 15 is 0 Å². The van der Waals surface area contributed by atoms with Gasteiger partial charge in [0.15, 0.2) is 0 Å². The number of nitrogens with zero attached hydrogens (tertiary/aromatic N) is 3. The Balaban J connectivity index is 1.39. The van der Waals surface area contributed by atoms with Crippen molar-refractivity contribution in [2.75, 3.05) is 31.1 Å². The van der Waals surface area contributed by atoms with Gasteiger partial charge >= 0.3 is 0 Å². The Labute approximate surface area is 166 Å². The number of fused-ring (bicyclic) bond motifs is 2. The predicted octanol–water partition coefficient (Wildman–Crippen LogP) is 3.47. The minimum atomic E-state index is 0.386. The van der Waals surface area contributed by atoms with Crippen LogP contribution in [0.15, 0.2) is 36.7 Å². The van der Waals surface area contributed by atoms with Gasteiger partial charge in [0.05, 0.1) is 23.5 Å². The molecule has 2 aromatic heterocycles. The quantitative estimate of drug-likeness (QED) is 0.744. The van der Waals surface area contributed by atoms with Crippen molar-refractivity contribution in [2.24, 2.45) is 0 Å². The van der Waals surface area contributed by atoms with Gasteiger partial charge in [-0.3, -0.25) is 4.98 Å². The van der Waals surface area contributed by atoms with Crippen molar-refractivity contribution in [3.63, 3.8) is 0 Å². The van der Waals surface area contributed by atoms with Crippen LogP contribution in [0.4, 0.5) is 5.69 Å². The highest BCUT2D eigenvalue weighted by Crippen LogP contribution is 2.36. The van der Waals surface area contributed by atoms with Gasteiger partial charge in [-0.05, 0) is 50.5 Å². The van der Waals surface area contributed by atoms with Crippen molar-refractivity contribution in [2.45, 2.75) is 39.2 Å². The summed E-state index contributed by atoms with van der Waals surface area (Å²) in [6, 6.07) is 9.56. The molecule has 0 bridgehead atoms. The van der Waals surface area contributed by atoms with Crippen LogP contribution in [0.1, 0.15) is 35.4 Å². The molecule has 1 fully saturated rings. The molecule has 0 spiro atoms. The highest BCUT2D eigenvalue weighted by Gasteiger charge is 2.24. The standard InChI is InChI=1S/C23H28N4O/c1-15-11-26(7-6-24-15)21-5-4-18-8-20(14-28-23(18)10-21)19-9-22-17(3)25-16(2)12-27(22)13-19/h4-5,9-10,12-13,15,20,24H,6-8,11,14H2,1-3H3/t15-,20?/m1/s1. The summed E-state index contributed by atoms with van der Waals surface area (Å²) < 4.78 is 8.44. The third-order valence-corrected chi connectivity index (χ3v) is 6.07. The lowest BCUT2D eigenvalue weighted by Crippen LogP contribution is -2.49. The van der Waals surface area contributed by atoms with Gasteiger partial charge in [-0.25, -0.2) is 0 Å². The van der Waals surface area contributed by atoms with Gasteiger partial charge in [0, 0.05) is 55.7 Å². The van der Waals surface area contributed by atoms with Crippen LogP contribution >= 0.6 is 0 Å². The summed E-state index contributed by atoms with van der Waals surface area (Å²) in [6.45, 7) is 10.2. The molecule has 1 aromatic carbocycles. The van der Waals surface area contributed by atoms with Gasteiger partial charge < -0.3 is 19.4 Å². The molecule has 5 rings (SSSR count). The van der Waals surface area contributed by atoms with E-state index in [0.717, 1.165) is 49.8 Å². The lowest BCUT2D eigenvalue weighted by atomic mass is 9.91. The van der Waals surface area contributed by atoms with Crippen LogP contribution in [0.25, 0.3) is 5.52 Å². The van der Waals surface area contributed by atoms with Crippen molar-refractivity contribution in [3.8, 4) is 5.75 Å². The smallest absolute Gasteiger partial charge is 0.124 e. The van der Waals surface area contributed by atoms with Crippen LogP contribution < -0.4 is 15.0 Å². The van der Waals surface area contributed by atoms with E-state index in [1.807, 2.05) is 6.92 Å². The monoisotopic (exact) mass is 376 g/mol. The zero-order valence-electron chi connectivity index (χ0n) is 16.9. The van der Waals surface area contributed by atoms with E-state index in [1.165, 1.54) is 22.3 Å². The van der Waals surface area contributed by atoms with Crippen molar-refractivity contribution in [3.05, 3.63) is 59.2 Å². The van der Waals surface area contributed by atoms with Gasteiger partial charge in [-0.2, -0.15) is 0 Å². The van der Waals surface area contributed by atoms with E-state index in [1.54, 1.807) is 0 Å². The lowest BCUT2D eigenvalue weighted by molar-refractivity contribution is 0.262. The number of hydrogen-bond donors (Lipinski definition) is 1. The van der Waals surface area contributed by atoms with Gasteiger partial charge in [-0.15, -0.1) is 0 Å². The molecular weight excluding hydrogens is 348 g/mol. The number of anilines is 1. The number of aryl methyl sites for hydroxylation is 2. The van der Waals surface area contributed by atoms with Crippen LogP contribution in [-0.2, 0) is 6.42 Å². The molecule has 2 atom stereocenters. The molecule has 2 aliphatic heterocycles. The fraction of sp³-hybridized carbons (Fsp3) is 0.435. The molecule has 5 heteroatoms. The zero-order valence-corrected chi connectivity index (χ0v) is 16.9. The molecule has 1 saturated heterocycles. The number of rotatable bonds is 2. The summed E-state index contributed by atoms with van der Waals surface area (Å²) in [5, 5.41) is 3.51. The number of ether oxygens (including phenoxy) is 1. The summed E-state index contributed by atoms with van der Waals surface area (Å²) in [4.78, 5) is 7.05. The predicted molar refractivity (Wildman–Crippen MR) is 113 cm³/mol. The average molecular weight is 377 g/mol. The Hall–Kier alpha value is -2.53. The lowest BCUT2D eigenvalue weighted by Gasteiger charge is -2.34. The molecule has 2 aliphatic rings. The highest BCUT2D eigenvalue weighted by atomic mass is 16.5. The van der Waals surface area contributed by atoms with Crippen molar-refractivity contribution < 1.29 is 4.74 Å². The minimum Gasteiger partial charge on any atom is -0.493 e. The first-order valence-electron chi connectivity index (χ1n) is 10.3. The topological polar surface area (TPSA) is 41.8 Å². The third-order valence-electron chi connectivity index (χ3n) is 6.07. The van der Waals surface area contributed by atoms with Gasteiger partial charge in [-0.1, -0.05) is 6.07 Å². The normalized spacial score (nSPS) is 22.2. The molecule has 3 aromatic rings. The molecule has 0 saturated carbocycles. The van der Waals surface area contributed by atoms with E-state index in [4.69, 9.17) is 4.74 Å². The summed E-state index contributed by atoms with van der Waals surface area (Å²) in [7, 11) is 0. The first-order chi connectivity index (χ1) is 13.6. The van der Waals surface area contributed by atoms with Gasteiger partial charge in [0.2, 0.25) is 0 Å². The largest absolute Gasteiger partial charge is 0.493 e. The molecule has 146 valence electrons. The Morgan fingerprint density at radius 1 is 1.18 bits per heavy atom. The summed E-state index contributed by atoms with van der Waals surface area (Å²) in [5.41, 5.74) is 7.24. The van der Waals surface area contributed by atoms with Crippen LogP contribution in [0, 0.1) is 13.8 Å². The fourth-order valence-corrected chi connectivity index (χ4v) is 4.61. The Morgan fingerprint density at radius 3 is 2.93 bits per heavy atom. The second kappa shape index (κ2) is 6.82. The van der Waals surface area contributed by atoms with Crippen LogP contribution in [0.3, 0.4) is 0 Å². The zero-order chi connectivity index (χ0) is 19.3. The maximum absolute atomic E-state index is 6.23. The third kappa shape index (κ3) is 3.14. The number of hydrogen-bond acceptors (Lipinski definition) is 4. The van der Waals surface area contributed by atoms with Crippen molar-refractivity contribution in [1.82, 2.24) is 14.7 Å². The summed E-state index contributed by atoms with van der Waals surface area (Å²) in [6.07, 6.45) is 5.37. The van der Waals surface area contributed by atoms with Gasteiger partial charge in [0.25, 0.3) is 0 Å². The number of piperazine rings is 1. The Kier molecular flexibility index (Phi) is 4.27. The van der Waals surface area contributed by atoms with E-state index in [2.05, 4.69) is 70.1 Å². The van der Waals surface area contributed by atoms with E-state index < -0.39 is 0 Å². The molecule has 0 aliphatic carbocycles. The van der Waals surface area contributed by atoms with Crippen molar-refractivity contribution >= 4 is 11.2 Å². The number of benzene rings is 1. The van der Waals surface area contributed by atoms with E-state index in [0.29, 0.717) is 12.0 Å². The molecular formula is C23H28N4O. The molecule has 28 heavy (non-hydrogen) atoms. The second-order valence-electron chi connectivity index (χ2n) is 8.34.